The summed E-state index contributed by atoms with van der Waals surface area (Å²) < 4.78 is 7.07. The minimum atomic E-state index is 0.602. The van der Waals surface area contributed by atoms with Crippen molar-refractivity contribution >= 4 is 5.69 Å². The molecule has 3 aromatic rings. The number of aromatic nitrogens is 2. The van der Waals surface area contributed by atoms with E-state index in [1.807, 2.05) is 36.4 Å². The summed E-state index contributed by atoms with van der Waals surface area (Å²) in [5, 5.41) is 4.45. The van der Waals surface area contributed by atoms with Gasteiger partial charge in [0.05, 0.1) is 23.8 Å². The van der Waals surface area contributed by atoms with E-state index in [0.717, 1.165) is 5.69 Å². The van der Waals surface area contributed by atoms with Crippen LogP contribution in [0.25, 0.3) is 17.1 Å². The van der Waals surface area contributed by atoms with Crippen LogP contribution in [-0.2, 0) is 0 Å². The van der Waals surface area contributed by atoms with Crippen molar-refractivity contribution in [2.45, 2.75) is 6.92 Å². The van der Waals surface area contributed by atoms with Crippen LogP contribution >= 0.6 is 0 Å². The highest BCUT2D eigenvalue weighted by Gasteiger charge is 2.11. The molecule has 0 saturated heterocycles. The molecular weight excluding hydrogens is 226 g/mol. The lowest BCUT2D eigenvalue weighted by Gasteiger charge is -2.00. The van der Waals surface area contributed by atoms with Gasteiger partial charge in [-0.05, 0) is 31.2 Å². The Labute approximate surface area is 105 Å². The third-order valence-corrected chi connectivity index (χ3v) is 2.80. The Bertz CT molecular complexity index is 651. The van der Waals surface area contributed by atoms with Crippen molar-refractivity contribution in [3.8, 4) is 17.1 Å². The van der Waals surface area contributed by atoms with E-state index in [9.17, 15) is 0 Å². The molecule has 4 heteroatoms. The molecular formula is C14H13N3O. The number of hydrogen-bond acceptors (Lipinski definition) is 3. The summed E-state index contributed by atoms with van der Waals surface area (Å²) in [5.41, 5.74) is 9.42. The minimum absolute atomic E-state index is 0.602. The summed E-state index contributed by atoms with van der Waals surface area (Å²) >= 11 is 0. The van der Waals surface area contributed by atoms with Crippen LogP contribution in [-0.4, -0.2) is 9.78 Å². The van der Waals surface area contributed by atoms with Crippen LogP contribution in [0.3, 0.4) is 0 Å². The predicted molar refractivity (Wildman–Crippen MR) is 70.4 cm³/mol. The fraction of sp³-hybridized carbons (Fsp3) is 0.0714. The Morgan fingerprint density at radius 1 is 1.17 bits per heavy atom. The number of hydrogen-bond donors (Lipinski definition) is 1. The molecule has 0 atom stereocenters. The highest BCUT2D eigenvalue weighted by atomic mass is 16.3. The number of benzene rings is 1. The number of aryl methyl sites for hydroxylation is 1. The molecule has 0 saturated carbocycles. The van der Waals surface area contributed by atoms with E-state index in [0.29, 0.717) is 17.1 Å². The summed E-state index contributed by atoms with van der Waals surface area (Å²) in [4.78, 5) is 0. The molecule has 0 amide bonds. The van der Waals surface area contributed by atoms with Gasteiger partial charge < -0.3 is 10.2 Å². The zero-order chi connectivity index (χ0) is 12.5. The minimum Gasteiger partial charge on any atom is -0.463 e. The normalized spacial score (nSPS) is 10.7. The molecule has 2 aromatic heterocycles. The first-order valence-electron chi connectivity index (χ1n) is 5.70. The molecule has 0 fully saturated rings. The van der Waals surface area contributed by atoms with Crippen molar-refractivity contribution in [1.29, 1.82) is 0 Å². The van der Waals surface area contributed by atoms with Crippen molar-refractivity contribution < 1.29 is 4.42 Å². The quantitative estimate of drug-likeness (QED) is 0.747. The van der Waals surface area contributed by atoms with Gasteiger partial charge in [0.15, 0.2) is 11.5 Å². The van der Waals surface area contributed by atoms with Gasteiger partial charge in [-0.15, -0.1) is 0 Å². The van der Waals surface area contributed by atoms with Crippen LogP contribution < -0.4 is 5.73 Å². The van der Waals surface area contributed by atoms with E-state index in [1.54, 1.807) is 17.1 Å². The molecule has 2 N–H and O–H groups in total. The average molecular weight is 239 g/mol. The van der Waals surface area contributed by atoms with Crippen LogP contribution in [0.2, 0.25) is 0 Å². The largest absolute Gasteiger partial charge is 0.463 e. The maximum absolute atomic E-state index is 5.96. The Balaban J connectivity index is 2.05. The third kappa shape index (κ3) is 1.78. The summed E-state index contributed by atoms with van der Waals surface area (Å²) in [7, 11) is 0. The first-order valence-corrected chi connectivity index (χ1v) is 5.70. The Kier molecular flexibility index (Phi) is 2.41. The number of nitrogens with two attached hydrogens (primary N) is 1. The number of anilines is 1. The first kappa shape index (κ1) is 10.7. The Morgan fingerprint density at radius 2 is 1.94 bits per heavy atom. The molecule has 2 heterocycles. The van der Waals surface area contributed by atoms with Gasteiger partial charge in [-0.3, -0.25) is 0 Å². The molecule has 0 aliphatic carbocycles. The molecule has 3 rings (SSSR count). The van der Waals surface area contributed by atoms with Crippen molar-refractivity contribution in [1.82, 2.24) is 9.78 Å². The molecule has 4 nitrogen and oxygen atoms in total. The highest BCUT2D eigenvalue weighted by molar-refractivity contribution is 5.68. The van der Waals surface area contributed by atoms with Crippen LogP contribution in [0.5, 0.6) is 0 Å². The average Bonchev–Trinajstić information content (AvgIpc) is 2.99. The standard InChI is InChI=1S/C14H13N3O/c1-10-4-6-11(7-5-10)17-9-12(15)14(16-17)13-3-2-8-18-13/h2-9H,15H2,1H3. The molecule has 0 aliphatic heterocycles. The smallest absolute Gasteiger partial charge is 0.156 e. The predicted octanol–water partition coefficient (Wildman–Crippen LogP) is 3.02. The molecule has 0 aliphatic rings. The maximum Gasteiger partial charge on any atom is 0.156 e. The molecule has 90 valence electrons. The lowest BCUT2D eigenvalue weighted by Crippen LogP contribution is -1.94. The van der Waals surface area contributed by atoms with Gasteiger partial charge in [-0.25, -0.2) is 4.68 Å². The summed E-state index contributed by atoms with van der Waals surface area (Å²) in [6, 6.07) is 11.8. The van der Waals surface area contributed by atoms with E-state index in [-0.39, 0.29) is 0 Å². The van der Waals surface area contributed by atoms with Crippen molar-refractivity contribution in [2.24, 2.45) is 0 Å². The summed E-state index contributed by atoms with van der Waals surface area (Å²) in [5.74, 6) is 0.679. The zero-order valence-electron chi connectivity index (χ0n) is 10.00. The number of nitrogen functional groups attached to an aromatic ring is 1. The number of nitrogens with zero attached hydrogens (tertiary/aromatic N) is 2. The van der Waals surface area contributed by atoms with Gasteiger partial charge in [0.2, 0.25) is 0 Å². The molecule has 0 spiro atoms. The Morgan fingerprint density at radius 3 is 2.61 bits per heavy atom. The molecule has 1 aromatic carbocycles. The topological polar surface area (TPSA) is 57.0 Å². The summed E-state index contributed by atoms with van der Waals surface area (Å²) in [6.07, 6.45) is 3.40. The van der Waals surface area contributed by atoms with Gasteiger partial charge >= 0.3 is 0 Å². The van der Waals surface area contributed by atoms with Crippen molar-refractivity contribution in [3.63, 3.8) is 0 Å². The lowest BCUT2D eigenvalue weighted by molar-refractivity contribution is 0.579. The van der Waals surface area contributed by atoms with E-state index >= 15 is 0 Å². The maximum atomic E-state index is 5.96. The van der Waals surface area contributed by atoms with Gasteiger partial charge in [-0.1, -0.05) is 17.7 Å². The second-order valence-electron chi connectivity index (χ2n) is 4.19. The molecule has 18 heavy (non-hydrogen) atoms. The van der Waals surface area contributed by atoms with Crippen molar-refractivity contribution in [3.05, 3.63) is 54.4 Å². The SMILES string of the molecule is Cc1ccc(-n2cc(N)c(-c3ccco3)n2)cc1. The summed E-state index contributed by atoms with van der Waals surface area (Å²) in [6.45, 7) is 2.05. The second-order valence-corrected chi connectivity index (χ2v) is 4.19. The second kappa shape index (κ2) is 4.07. The van der Waals surface area contributed by atoms with Crippen LogP contribution in [0.1, 0.15) is 5.56 Å². The number of rotatable bonds is 2. The Hall–Kier alpha value is -2.49. The first-order chi connectivity index (χ1) is 8.74. The van der Waals surface area contributed by atoms with E-state index in [4.69, 9.17) is 10.2 Å². The fourth-order valence-electron chi connectivity index (χ4n) is 1.82. The van der Waals surface area contributed by atoms with Crippen molar-refractivity contribution in [2.75, 3.05) is 5.73 Å². The molecule has 0 unspecified atom stereocenters. The van der Waals surface area contributed by atoms with E-state index in [2.05, 4.69) is 12.0 Å². The van der Waals surface area contributed by atoms with E-state index in [1.165, 1.54) is 5.56 Å². The van der Waals surface area contributed by atoms with Crippen LogP contribution in [0.15, 0.2) is 53.3 Å². The lowest BCUT2D eigenvalue weighted by atomic mass is 10.2. The van der Waals surface area contributed by atoms with Crippen LogP contribution in [0, 0.1) is 6.92 Å². The van der Waals surface area contributed by atoms with Crippen LogP contribution in [0.4, 0.5) is 5.69 Å². The highest BCUT2D eigenvalue weighted by Crippen LogP contribution is 2.25. The number of furan rings is 1. The molecule has 0 bridgehead atoms. The zero-order valence-corrected chi connectivity index (χ0v) is 10.00. The van der Waals surface area contributed by atoms with Gasteiger partial charge in [-0.2, -0.15) is 5.10 Å². The van der Waals surface area contributed by atoms with Gasteiger partial charge in [0.1, 0.15) is 0 Å². The fourth-order valence-corrected chi connectivity index (χ4v) is 1.82. The molecule has 0 radical (unpaired) electrons. The third-order valence-electron chi connectivity index (χ3n) is 2.80. The van der Waals surface area contributed by atoms with Gasteiger partial charge in [0.25, 0.3) is 0 Å². The monoisotopic (exact) mass is 239 g/mol. The van der Waals surface area contributed by atoms with Gasteiger partial charge in [0, 0.05) is 0 Å². The van der Waals surface area contributed by atoms with E-state index < -0.39 is 0 Å².